The lowest BCUT2D eigenvalue weighted by Crippen LogP contribution is -2.48. The first-order chi connectivity index (χ1) is 13.2. The van der Waals surface area contributed by atoms with Crippen LogP contribution in [-0.2, 0) is 4.74 Å². The zero-order valence-corrected chi connectivity index (χ0v) is 17.3. The minimum atomic E-state index is -0.144. The van der Waals surface area contributed by atoms with Crippen molar-refractivity contribution in [2.24, 2.45) is 0 Å². The molecule has 27 heavy (non-hydrogen) atoms. The lowest BCUT2D eigenvalue weighted by Gasteiger charge is -2.41. The van der Waals surface area contributed by atoms with E-state index in [0.29, 0.717) is 18.6 Å². The molecule has 0 unspecified atom stereocenters. The standard InChI is InChI=1S/C22H30N2O2S/c1-3-26-22(25)24-12-8-18(9-13-24)23-10-6-17(7-11-23)20-15-27-21-5-4-16(2)14-19(20)21/h4-5,14-15,17-18H,3,6-13H2,1-2H3. The van der Waals surface area contributed by atoms with Gasteiger partial charge in [-0.2, -0.15) is 0 Å². The number of piperidine rings is 2. The van der Waals surface area contributed by atoms with Crippen molar-refractivity contribution in [3.63, 3.8) is 0 Å². The number of aryl methyl sites for hydroxylation is 1. The summed E-state index contributed by atoms with van der Waals surface area (Å²) in [5.41, 5.74) is 2.92. The van der Waals surface area contributed by atoms with Gasteiger partial charge in [-0.1, -0.05) is 17.7 Å². The summed E-state index contributed by atoms with van der Waals surface area (Å²) in [7, 11) is 0. The Kier molecular flexibility index (Phi) is 5.69. The van der Waals surface area contributed by atoms with E-state index >= 15 is 0 Å². The van der Waals surface area contributed by atoms with Crippen LogP contribution in [0.2, 0.25) is 0 Å². The van der Waals surface area contributed by atoms with Crippen molar-refractivity contribution < 1.29 is 9.53 Å². The molecule has 0 bridgehead atoms. The van der Waals surface area contributed by atoms with Crippen LogP contribution in [0.1, 0.15) is 49.7 Å². The summed E-state index contributed by atoms with van der Waals surface area (Å²) in [5, 5.41) is 3.86. The van der Waals surface area contributed by atoms with E-state index in [2.05, 4.69) is 35.4 Å². The van der Waals surface area contributed by atoms with Crippen LogP contribution in [0, 0.1) is 6.92 Å². The number of ether oxygens (including phenoxy) is 1. The van der Waals surface area contributed by atoms with Gasteiger partial charge in [-0.15, -0.1) is 11.3 Å². The van der Waals surface area contributed by atoms with E-state index < -0.39 is 0 Å². The van der Waals surface area contributed by atoms with Gasteiger partial charge < -0.3 is 14.5 Å². The van der Waals surface area contributed by atoms with Gasteiger partial charge in [0.1, 0.15) is 0 Å². The topological polar surface area (TPSA) is 32.8 Å². The monoisotopic (exact) mass is 386 g/mol. The number of carbonyl (C=O) groups is 1. The Balaban J connectivity index is 1.33. The molecule has 0 atom stereocenters. The van der Waals surface area contributed by atoms with E-state index in [0.717, 1.165) is 25.9 Å². The average Bonchev–Trinajstić information content (AvgIpc) is 3.11. The van der Waals surface area contributed by atoms with Crippen molar-refractivity contribution in [2.75, 3.05) is 32.8 Å². The maximum Gasteiger partial charge on any atom is 0.409 e. The Hall–Kier alpha value is -1.59. The molecule has 146 valence electrons. The van der Waals surface area contributed by atoms with Gasteiger partial charge in [0.25, 0.3) is 0 Å². The Morgan fingerprint density at radius 1 is 1.15 bits per heavy atom. The number of hydrogen-bond donors (Lipinski definition) is 0. The fourth-order valence-corrected chi connectivity index (χ4v) is 5.71. The van der Waals surface area contributed by atoms with Gasteiger partial charge in [-0.25, -0.2) is 4.79 Å². The normalized spacial score (nSPS) is 20.3. The first-order valence-corrected chi connectivity index (χ1v) is 11.2. The van der Waals surface area contributed by atoms with Crippen LogP contribution in [0.15, 0.2) is 23.6 Å². The molecule has 1 aromatic carbocycles. The summed E-state index contributed by atoms with van der Waals surface area (Å²) in [5.74, 6) is 0.691. The summed E-state index contributed by atoms with van der Waals surface area (Å²) in [6.45, 7) is 8.54. The average molecular weight is 387 g/mol. The van der Waals surface area contributed by atoms with Crippen molar-refractivity contribution in [3.05, 3.63) is 34.7 Å². The maximum atomic E-state index is 11.9. The van der Waals surface area contributed by atoms with Crippen LogP contribution in [-0.4, -0.2) is 54.7 Å². The molecule has 2 aliphatic rings. The number of amides is 1. The molecule has 5 heteroatoms. The Morgan fingerprint density at radius 2 is 1.89 bits per heavy atom. The Bertz CT molecular complexity index is 787. The van der Waals surface area contributed by atoms with Gasteiger partial charge in [0.2, 0.25) is 0 Å². The lowest BCUT2D eigenvalue weighted by molar-refractivity contribution is 0.0664. The van der Waals surface area contributed by atoms with E-state index in [1.54, 1.807) is 5.56 Å². The summed E-state index contributed by atoms with van der Waals surface area (Å²) in [6, 6.07) is 7.47. The molecule has 1 amide bonds. The van der Waals surface area contributed by atoms with Crippen molar-refractivity contribution in [1.29, 1.82) is 0 Å². The van der Waals surface area contributed by atoms with Crippen LogP contribution in [0.25, 0.3) is 10.1 Å². The minimum absolute atomic E-state index is 0.144. The minimum Gasteiger partial charge on any atom is -0.450 e. The number of likely N-dealkylation sites (tertiary alicyclic amines) is 2. The molecule has 1 aromatic heterocycles. The largest absolute Gasteiger partial charge is 0.450 e. The molecule has 4 rings (SSSR count). The van der Waals surface area contributed by atoms with E-state index in [-0.39, 0.29) is 6.09 Å². The molecule has 2 aliphatic heterocycles. The Labute approximate surface area is 166 Å². The van der Waals surface area contributed by atoms with Crippen molar-refractivity contribution in [3.8, 4) is 0 Å². The first-order valence-electron chi connectivity index (χ1n) is 10.3. The van der Waals surface area contributed by atoms with Gasteiger partial charge in [0.05, 0.1) is 6.61 Å². The quantitative estimate of drug-likeness (QED) is 0.743. The van der Waals surface area contributed by atoms with Gasteiger partial charge in [-0.05, 0) is 80.9 Å². The third kappa shape index (κ3) is 3.99. The van der Waals surface area contributed by atoms with Gasteiger partial charge >= 0.3 is 6.09 Å². The smallest absolute Gasteiger partial charge is 0.409 e. The summed E-state index contributed by atoms with van der Waals surface area (Å²) < 4.78 is 6.56. The van der Waals surface area contributed by atoms with Gasteiger partial charge in [0.15, 0.2) is 0 Å². The van der Waals surface area contributed by atoms with Crippen molar-refractivity contribution in [1.82, 2.24) is 9.80 Å². The fraction of sp³-hybridized carbons (Fsp3) is 0.591. The molecular weight excluding hydrogens is 356 g/mol. The summed E-state index contributed by atoms with van der Waals surface area (Å²) in [6.07, 6.45) is 4.50. The zero-order chi connectivity index (χ0) is 18.8. The highest BCUT2D eigenvalue weighted by Crippen LogP contribution is 2.38. The van der Waals surface area contributed by atoms with Gasteiger partial charge in [-0.3, -0.25) is 0 Å². The van der Waals surface area contributed by atoms with Crippen molar-refractivity contribution >= 4 is 27.5 Å². The molecule has 4 nitrogen and oxygen atoms in total. The SMILES string of the molecule is CCOC(=O)N1CCC(N2CCC(c3csc4ccc(C)cc34)CC2)CC1. The van der Waals surface area contributed by atoms with Crippen LogP contribution in [0.3, 0.4) is 0 Å². The van der Waals surface area contributed by atoms with Crippen LogP contribution in [0.4, 0.5) is 4.79 Å². The molecule has 3 heterocycles. The molecule has 2 saturated heterocycles. The van der Waals surface area contributed by atoms with E-state index in [4.69, 9.17) is 4.74 Å². The second-order valence-corrected chi connectivity index (χ2v) is 8.83. The number of thiophene rings is 1. The molecule has 2 fully saturated rings. The van der Waals surface area contributed by atoms with Crippen LogP contribution >= 0.6 is 11.3 Å². The number of carbonyl (C=O) groups excluding carboxylic acids is 1. The molecule has 0 radical (unpaired) electrons. The lowest BCUT2D eigenvalue weighted by atomic mass is 9.87. The molecule has 2 aromatic rings. The molecule has 0 saturated carbocycles. The highest BCUT2D eigenvalue weighted by Gasteiger charge is 2.31. The summed E-state index contributed by atoms with van der Waals surface area (Å²) in [4.78, 5) is 16.4. The number of nitrogens with zero attached hydrogens (tertiary/aromatic N) is 2. The van der Waals surface area contributed by atoms with Crippen LogP contribution < -0.4 is 0 Å². The highest BCUT2D eigenvalue weighted by atomic mass is 32.1. The predicted molar refractivity (Wildman–Crippen MR) is 112 cm³/mol. The van der Waals surface area contributed by atoms with Gasteiger partial charge in [0, 0.05) is 23.8 Å². The number of benzene rings is 1. The third-order valence-corrected chi connectivity index (χ3v) is 7.22. The molecular formula is C22H30N2O2S. The second kappa shape index (κ2) is 8.19. The first kappa shape index (κ1) is 18.8. The Morgan fingerprint density at radius 3 is 2.59 bits per heavy atom. The molecule has 0 N–H and O–H groups in total. The zero-order valence-electron chi connectivity index (χ0n) is 16.4. The van der Waals surface area contributed by atoms with Crippen molar-refractivity contribution in [2.45, 2.75) is 51.5 Å². The van der Waals surface area contributed by atoms with E-state index in [1.165, 1.54) is 41.6 Å². The number of hydrogen-bond acceptors (Lipinski definition) is 4. The molecule has 0 spiro atoms. The molecule has 0 aliphatic carbocycles. The predicted octanol–water partition coefficient (Wildman–Crippen LogP) is 5.01. The summed E-state index contributed by atoms with van der Waals surface area (Å²) >= 11 is 1.89. The maximum absolute atomic E-state index is 11.9. The fourth-order valence-electron chi connectivity index (χ4n) is 4.68. The number of rotatable bonds is 3. The van der Waals surface area contributed by atoms with E-state index in [9.17, 15) is 4.79 Å². The highest BCUT2D eigenvalue weighted by molar-refractivity contribution is 7.17. The van der Waals surface area contributed by atoms with E-state index in [1.807, 2.05) is 23.2 Å². The van der Waals surface area contributed by atoms with Crippen LogP contribution in [0.5, 0.6) is 0 Å². The number of fused-ring (bicyclic) bond motifs is 1. The third-order valence-electron chi connectivity index (χ3n) is 6.24. The second-order valence-electron chi connectivity index (χ2n) is 7.92.